The van der Waals surface area contributed by atoms with E-state index in [1.54, 1.807) is 6.07 Å². The largest absolute Gasteiger partial charge is 0.376 e. The number of amides is 1. The summed E-state index contributed by atoms with van der Waals surface area (Å²) in [5.74, 6) is -0.573. The van der Waals surface area contributed by atoms with Crippen LogP contribution in [0.4, 0.5) is 10.1 Å². The van der Waals surface area contributed by atoms with Crippen molar-refractivity contribution in [3.8, 4) is 0 Å². The molecule has 0 saturated carbocycles. The molecule has 122 valence electrons. The second-order valence-corrected chi connectivity index (χ2v) is 4.78. The van der Waals surface area contributed by atoms with Crippen LogP contribution in [0.15, 0.2) is 29.3 Å². The lowest BCUT2D eigenvalue weighted by atomic mass is 10.2. The van der Waals surface area contributed by atoms with Gasteiger partial charge < -0.3 is 21.1 Å². The predicted octanol–water partition coefficient (Wildman–Crippen LogP) is 1.47. The van der Waals surface area contributed by atoms with Gasteiger partial charge >= 0.3 is 0 Å². The first-order valence-corrected chi connectivity index (χ1v) is 6.84. The number of halogens is 2. The molecular formula is C14H20FIN4O2. The number of carbonyl (C=O) groups excluding carboxylic acids is 1. The molecule has 0 spiro atoms. The number of benzene rings is 1. The molecule has 1 aliphatic heterocycles. The van der Waals surface area contributed by atoms with E-state index in [1.807, 2.05) is 0 Å². The summed E-state index contributed by atoms with van der Waals surface area (Å²) in [6.07, 6.45) is 2.21. The number of carbonyl (C=O) groups is 1. The van der Waals surface area contributed by atoms with Gasteiger partial charge in [-0.2, -0.15) is 0 Å². The van der Waals surface area contributed by atoms with Crippen LogP contribution < -0.4 is 16.4 Å². The van der Waals surface area contributed by atoms with E-state index in [-0.39, 0.29) is 48.5 Å². The third-order valence-electron chi connectivity index (χ3n) is 3.04. The SMILES string of the molecule is I.NC(=NCC(=O)Nc1cccc(F)c1)NCC1CCCO1. The van der Waals surface area contributed by atoms with Crippen LogP contribution in [0.25, 0.3) is 0 Å². The molecule has 6 nitrogen and oxygen atoms in total. The van der Waals surface area contributed by atoms with Gasteiger partial charge in [0.25, 0.3) is 0 Å². The highest BCUT2D eigenvalue weighted by molar-refractivity contribution is 14.0. The quantitative estimate of drug-likeness (QED) is 0.381. The molecule has 1 aromatic rings. The summed E-state index contributed by atoms with van der Waals surface area (Å²) in [7, 11) is 0. The molecule has 1 saturated heterocycles. The van der Waals surface area contributed by atoms with E-state index < -0.39 is 5.82 Å². The van der Waals surface area contributed by atoms with E-state index in [9.17, 15) is 9.18 Å². The molecule has 22 heavy (non-hydrogen) atoms. The maximum absolute atomic E-state index is 13.0. The van der Waals surface area contributed by atoms with Crippen LogP contribution in [0.1, 0.15) is 12.8 Å². The Morgan fingerprint density at radius 2 is 2.32 bits per heavy atom. The lowest BCUT2D eigenvalue weighted by Crippen LogP contribution is -2.37. The first-order valence-electron chi connectivity index (χ1n) is 6.84. The third-order valence-corrected chi connectivity index (χ3v) is 3.04. The normalized spacial score (nSPS) is 17.7. The fourth-order valence-corrected chi connectivity index (χ4v) is 2.00. The first-order chi connectivity index (χ1) is 10.1. The number of hydrogen-bond acceptors (Lipinski definition) is 3. The van der Waals surface area contributed by atoms with E-state index in [1.165, 1.54) is 18.2 Å². The minimum atomic E-state index is -0.408. The zero-order valence-corrected chi connectivity index (χ0v) is 14.4. The van der Waals surface area contributed by atoms with Crippen LogP contribution in [0.3, 0.4) is 0 Å². The van der Waals surface area contributed by atoms with Gasteiger partial charge in [0.1, 0.15) is 12.4 Å². The molecule has 0 aliphatic carbocycles. The number of nitrogens with two attached hydrogens (primary N) is 1. The number of guanidine groups is 1. The molecule has 0 radical (unpaired) electrons. The summed E-state index contributed by atoms with van der Waals surface area (Å²) in [6.45, 7) is 1.24. The van der Waals surface area contributed by atoms with Crippen LogP contribution >= 0.6 is 24.0 Å². The van der Waals surface area contributed by atoms with E-state index in [0.29, 0.717) is 12.2 Å². The number of anilines is 1. The van der Waals surface area contributed by atoms with Gasteiger partial charge in [0.05, 0.1) is 6.10 Å². The predicted molar refractivity (Wildman–Crippen MR) is 93.9 cm³/mol. The number of nitrogens with one attached hydrogen (secondary N) is 2. The van der Waals surface area contributed by atoms with Crippen molar-refractivity contribution in [2.45, 2.75) is 18.9 Å². The summed E-state index contributed by atoms with van der Waals surface area (Å²) < 4.78 is 18.4. The van der Waals surface area contributed by atoms with Gasteiger partial charge in [-0.25, -0.2) is 9.38 Å². The zero-order valence-electron chi connectivity index (χ0n) is 12.0. The average molecular weight is 422 g/mol. The van der Waals surface area contributed by atoms with E-state index >= 15 is 0 Å². The van der Waals surface area contributed by atoms with Crippen LogP contribution in [-0.4, -0.2) is 37.7 Å². The van der Waals surface area contributed by atoms with Crippen LogP contribution in [-0.2, 0) is 9.53 Å². The molecule has 1 aliphatic rings. The first kappa shape index (κ1) is 18.6. The zero-order chi connectivity index (χ0) is 15.1. The Morgan fingerprint density at radius 1 is 1.50 bits per heavy atom. The third kappa shape index (κ3) is 6.56. The monoisotopic (exact) mass is 422 g/mol. The maximum Gasteiger partial charge on any atom is 0.246 e. The Labute approximate surface area is 145 Å². The molecule has 1 fully saturated rings. The molecule has 4 N–H and O–H groups in total. The lowest BCUT2D eigenvalue weighted by Gasteiger charge is -2.11. The summed E-state index contributed by atoms with van der Waals surface area (Å²) in [5.41, 5.74) is 6.05. The topological polar surface area (TPSA) is 88.7 Å². The van der Waals surface area contributed by atoms with Gasteiger partial charge in [0.2, 0.25) is 5.91 Å². The minimum Gasteiger partial charge on any atom is -0.376 e. The Kier molecular flexibility index (Phi) is 8.10. The van der Waals surface area contributed by atoms with Crippen LogP contribution in [0.5, 0.6) is 0 Å². The summed E-state index contributed by atoms with van der Waals surface area (Å²) in [5, 5.41) is 5.46. The van der Waals surface area contributed by atoms with Gasteiger partial charge in [-0.3, -0.25) is 4.79 Å². The van der Waals surface area contributed by atoms with Crippen molar-refractivity contribution in [3.63, 3.8) is 0 Å². The molecule has 1 aromatic carbocycles. The van der Waals surface area contributed by atoms with Crippen molar-refractivity contribution in [3.05, 3.63) is 30.1 Å². The Hall–Kier alpha value is -1.42. The Balaban J connectivity index is 0.00000242. The number of hydrogen-bond donors (Lipinski definition) is 3. The molecular weight excluding hydrogens is 402 g/mol. The molecule has 8 heteroatoms. The molecule has 0 bridgehead atoms. The fourth-order valence-electron chi connectivity index (χ4n) is 2.00. The van der Waals surface area contributed by atoms with E-state index in [2.05, 4.69) is 15.6 Å². The van der Waals surface area contributed by atoms with Crippen molar-refractivity contribution >= 4 is 41.5 Å². The smallest absolute Gasteiger partial charge is 0.246 e. The number of aliphatic imine (C=N–C) groups is 1. The van der Waals surface area contributed by atoms with Crippen LogP contribution in [0, 0.1) is 5.82 Å². The molecule has 0 aromatic heterocycles. The highest BCUT2D eigenvalue weighted by atomic mass is 127. The highest BCUT2D eigenvalue weighted by Crippen LogP contribution is 2.10. The van der Waals surface area contributed by atoms with Gasteiger partial charge in [-0.15, -0.1) is 24.0 Å². The number of rotatable bonds is 5. The Bertz CT molecular complexity index is 521. The molecule has 1 heterocycles. The van der Waals surface area contributed by atoms with Gasteiger partial charge in [0.15, 0.2) is 5.96 Å². The standard InChI is InChI=1S/C14H19FN4O2.HI/c15-10-3-1-4-11(7-10)19-13(20)9-18-14(16)17-8-12-5-2-6-21-12;/h1,3-4,7,12H,2,5-6,8-9H2,(H,19,20)(H3,16,17,18);1H. The molecule has 1 atom stereocenters. The molecule has 1 amide bonds. The second kappa shape index (κ2) is 9.57. The van der Waals surface area contributed by atoms with Crippen molar-refractivity contribution in [2.24, 2.45) is 10.7 Å². The minimum absolute atomic E-state index is 0. The van der Waals surface area contributed by atoms with E-state index in [0.717, 1.165) is 19.4 Å². The summed E-state index contributed by atoms with van der Waals surface area (Å²) >= 11 is 0. The lowest BCUT2D eigenvalue weighted by molar-refractivity contribution is -0.114. The van der Waals surface area contributed by atoms with Crippen molar-refractivity contribution < 1.29 is 13.9 Å². The van der Waals surface area contributed by atoms with Crippen molar-refractivity contribution in [1.82, 2.24) is 5.32 Å². The molecule has 1 unspecified atom stereocenters. The summed E-state index contributed by atoms with van der Waals surface area (Å²) in [4.78, 5) is 15.6. The Morgan fingerprint density at radius 3 is 3.00 bits per heavy atom. The van der Waals surface area contributed by atoms with Gasteiger partial charge in [-0.1, -0.05) is 6.07 Å². The average Bonchev–Trinajstić information content (AvgIpc) is 2.96. The highest BCUT2D eigenvalue weighted by Gasteiger charge is 2.14. The van der Waals surface area contributed by atoms with Crippen LogP contribution in [0.2, 0.25) is 0 Å². The van der Waals surface area contributed by atoms with Crippen molar-refractivity contribution in [2.75, 3.05) is 25.0 Å². The number of ether oxygens (including phenoxy) is 1. The fraction of sp³-hybridized carbons (Fsp3) is 0.429. The van der Waals surface area contributed by atoms with Gasteiger partial charge in [0, 0.05) is 18.8 Å². The van der Waals surface area contributed by atoms with Gasteiger partial charge in [-0.05, 0) is 31.0 Å². The van der Waals surface area contributed by atoms with E-state index in [4.69, 9.17) is 10.5 Å². The number of nitrogens with zero attached hydrogens (tertiary/aromatic N) is 1. The molecule has 2 rings (SSSR count). The van der Waals surface area contributed by atoms with Crippen molar-refractivity contribution in [1.29, 1.82) is 0 Å². The second-order valence-electron chi connectivity index (χ2n) is 4.78. The maximum atomic E-state index is 13.0. The summed E-state index contributed by atoms with van der Waals surface area (Å²) in [6, 6.07) is 5.66.